The van der Waals surface area contributed by atoms with E-state index in [2.05, 4.69) is 43.3 Å². The third-order valence-electron chi connectivity index (χ3n) is 11.0. The molecule has 3 aliphatic carbocycles. The maximum absolute atomic E-state index is 14.4. The van der Waals surface area contributed by atoms with Crippen LogP contribution in [-0.4, -0.2) is 45.4 Å². The monoisotopic (exact) mass is 648 g/mol. The van der Waals surface area contributed by atoms with Crippen molar-refractivity contribution in [3.05, 3.63) is 105 Å². The Balaban J connectivity index is 1.39. The largest absolute Gasteiger partial charge is 0.508 e. The van der Waals surface area contributed by atoms with Crippen molar-refractivity contribution in [3.8, 4) is 22.6 Å². The number of allylic oxidation sites excluding steroid dienone is 2. The van der Waals surface area contributed by atoms with Crippen LogP contribution in [0.4, 0.5) is 0 Å². The maximum atomic E-state index is 14.4. The normalized spacial score (nSPS) is 25.1. The fraction of sp³-hybridized carbons (Fsp3) is 0.390. The fourth-order valence-electron chi connectivity index (χ4n) is 8.82. The summed E-state index contributed by atoms with van der Waals surface area (Å²) in [5.41, 5.74) is 1.63. The number of hydrogen-bond acceptors (Lipinski definition) is 7. The van der Waals surface area contributed by atoms with Gasteiger partial charge in [-0.25, -0.2) is 0 Å². The Morgan fingerprint density at radius 3 is 2.17 bits per heavy atom. The zero-order chi connectivity index (χ0) is 34.8. The van der Waals surface area contributed by atoms with E-state index < -0.39 is 39.5 Å². The summed E-state index contributed by atoms with van der Waals surface area (Å²) in [6, 6.07) is 18.0. The number of aliphatic hydroxyl groups excluding tert-OH is 1. The Bertz CT molecular complexity index is 1930. The predicted octanol–water partition coefficient (Wildman–Crippen LogP) is 7.52. The highest BCUT2D eigenvalue weighted by Gasteiger charge is 2.67. The zero-order valence-corrected chi connectivity index (χ0v) is 28.6. The van der Waals surface area contributed by atoms with E-state index in [0.29, 0.717) is 16.9 Å². The van der Waals surface area contributed by atoms with Gasteiger partial charge in [-0.15, -0.1) is 0 Å². The molecule has 250 valence electrons. The topological polar surface area (TPSA) is 121 Å². The first-order valence-corrected chi connectivity index (χ1v) is 16.7. The van der Waals surface area contributed by atoms with Gasteiger partial charge < -0.3 is 20.1 Å². The number of ketones is 3. The van der Waals surface area contributed by atoms with Gasteiger partial charge in [0.2, 0.25) is 5.78 Å². The van der Waals surface area contributed by atoms with Crippen molar-refractivity contribution < 1.29 is 34.4 Å². The van der Waals surface area contributed by atoms with Gasteiger partial charge >= 0.3 is 0 Å². The van der Waals surface area contributed by atoms with Gasteiger partial charge in [-0.2, -0.15) is 0 Å². The summed E-state index contributed by atoms with van der Waals surface area (Å²) in [5.74, 6) is -2.35. The average molecular weight is 649 g/mol. The van der Waals surface area contributed by atoms with Crippen LogP contribution in [0.25, 0.3) is 11.1 Å². The summed E-state index contributed by atoms with van der Waals surface area (Å²) >= 11 is 0. The number of unbranched alkanes of at least 4 members (excludes halogenated alkanes) is 1. The number of phenolic OH excluding ortho intramolecular Hbond substituents is 1. The lowest BCUT2D eigenvalue weighted by atomic mass is 9.48. The molecule has 3 aromatic rings. The smallest absolute Gasteiger partial charge is 0.206 e. The van der Waals surface area contributed by atoms with Gasteiger partial charge in [0.15, 0.2) is 17.2 Å². The van der Waals surface area contributed by atoms with Gasteiger partial charge in [-0.05, 0) is 106 Å². The van der Waals surface area contributed by atoms with E-state index in [9.17, 15) is 29.7 Å². The van der Waals surface area contributed by atoms with Crippen LogP contribution in [0.15, 0.2) is 77.1 Å². The molecule has 3 aromatic carbocycles. The molecule has 0 amide bonds. The van der Waals surface area contributed by atoms with Crippen molar-refractivity contribution in [2.45, 2.75) is 85.2 Å². The molecule has 0 saturated carbocycles. The van der Waals surface area contributed by atoms with Gasteiger partial charge in [0.25, 0.3) is 0 Å². The SMILES string of the molecule is COc1ccc(CCCCc2ccc(C)cc2)cc1-c1ccc(O)c2c1C[C@]1(C)C[C@]3(C)CC(C)=C(C(C)=O)C(=O)[C@]3(O)C(O)=C1C2=O. The van der Waals surface area contributed by atoms with Gasteiger partial charge in [0, 0.05) is 22.0 Å². The number of fused-ring (bicyclic) bond motifs is 3. The minimum absolute atomic E-state index is 0.0334. The summed E-state index contributed by atoms with van der Waals surface area (Å²) in [7, 11) is 1.60. The number of aryl methyl sites for hydroxylation is 3. The van der Waals surface area contributed by atoms with E-state index in [1.165, 1.54) is 24.1 Å². The van der Waals surface area contributed by atoms with Crippen molar-refractivity contribution in [1.82, 2.24) is 0 Å². The second-order valence-electron chi connectivity index (χ2n) is 14.7. The molecule has 0 bridgehead atoms. The van der Waals surface area contributed by atoms with Crippen molar-refractivity contribution >= 4 is 17.3 Å². The van der Waals surface area contributed by atoms with Crippen molar-refractivity contribution in [2.24, 2.45) is 10.8 Å². The first kappa shape index (κ1) is 33.4. The number of hydrogen-bond donors (Lipinski definition) is 3. The lowest BCUT2D eigenvalue weighted by Crippen LogP contribution is -2.63. The molecule has 0 heterocycles. The third kappa shape index (κ3) is 5.11. The summed E-state index contributed by atoms with van der Waals surface area (Å²) in [6.07, 6.45) is 4.57. The molecule has 6 rings (SSSR count). The van der Waals surface area contributed by atoms with E-state index in [1.807, 2.05) is 13.0 Å². The number of benzene rings is 3. The van der Waals surface area contributed by atoms with E-state index in [4.69, 9.17) is 4.74 Å². The van der Waals surface area contributed by atoms with Crippen molar-refractivity contribution in [3.63, 3.8) is 0 Å². The van der Waals surface area contributed by atoms with Crippen molar-refractivity contribution in [1.29, 1.82) is 0 Å². The Morgan fingerprint density at radius 2 is 1.52 bits per heavy atom. The van der Waals surface area contributed by atoms with Crippen LogP contribution in [0.5, 0.6) is 11.5 Å². The maximum Gasteiger partial charge on any atom is 0.206 e. The summed E-state index contributed by atoms with van der Waals surface area (Å²) in [5, 5.41) is 34.9. The quantitative estimate of drug-likeness (QED) is 0.171. The number of carbonyl (C=O) groups excluding carboxylic acids is 3. The molecule has 0 aliphatic heterocycles. The number of ether oxygens (including phenoxy) is 1. The molecular formula is C41H44O7. The minimum atomic E-state index is -2.44. The highest BCUT2D eigenvalue weighted by molar-refractivity contribution is 6.25. The first-order valence-electron chi connectivity index (χ1n) is 16.7. The second kappa shape index (κ2) is 11.9. The van der Waals surface area contributed by atoms with Crippen LogP contribution in [0.2, 0.25) is 0 Å². The standard InChI is InChI=1S/C41H44O7/c1-23-11-13-26(14-12-23)9-7-8-10-27-15-18-32(48-6)29(19-27)28-16-17-31(43)34-30(28)21-39(4)22-40(5)20-24(2)33(25(3)42)37(45)41(40,47)38(46)35(39)36(34)44/h11-19,43,46-47H,7-10,20-22H2,1-6H3/t39-,40+,41+/m1/s1. The molecule has 0 spiro atoms. The van der Waals surface area contributed by atoms with E-state index in [-0.39, 0.29) is 41.7 Å². The molecule has 7 heteroatoms. The molecule has 3 atom stereocenters. The Hall–Kier alpha value is -4.49. The number of phenols is 1. The molecule has 48 heavy (non-hydrogen) atoms. The fourth-order valence-corrected chi connectivity index (χ4v) is 8.82. The average Bonchev–Trinajstić information content (AvgIpc) is 3.01. The molecule has 7 nitrogen and oxygen atoms in total. The zero-order valence-electron chi connectivity index (χ0n) is 28.6. The number of aromatic hydroxyl groups is 1. The Kier molecular flexibility index (Phi) is 8.27. The molecule has 3 aliphatic rings. The van der Waals surface area contributed by atoms with Gasteiger partial charge in [0.05, 0.1) is 18.2 Å². The molecule has 0 aromatic heterocycles. The van der Waals surface area contributed by atoms with Crippen LogP contribution in [-0.2, 0) is 28.9 Å². The Labute approximate surface area is 282 Å². The van der Waals surface area contributed by atoms with Gasteiger partial charge in [-0.3, -0.25) is 14.4 Å². The third-order valence-corrected chi connectivity index (χ3v) is 11.0. The number of aliphatic hydroxyl groups is 2. The number of Topliss-reactive ketones (excluding diaryl/α,β-unsaturated/α-hetero) is 3. The van der Waals surface area contributed by atoms with Crippen LogP contribution >= 0.6 is 0 Å². The number of rotatable bonds is 8. The summed E-state index contributed by atoms with van der Waals surface area (Å²) in [6.45, 7) is 8.65. The molecule has 0 fully saturated rings. The molecular weight excluding hydrogens is 604 g/mol. The second-order valence-corrected chi connectivity index (χ2v) is 14.7. The minimum Gasteiger partial charge on any atom is -0.508 e. The van der Waals surface area contributed by atoms with Crippen LogP contribution in [0.3, 0.4) is 0 Å². The van der Waals surface area contributed by atoms with Crippen LogP contribution in [0, 0.1) is 17.8 Å². The molecule has 0 unspecified atom stereocenters. The van der Waals surface area contributed by atoms with Crippen LogP contribution in [0.1, 0.15) is 86.0 Å². The Morgan fingerprint density at radius 1 is 0.875 bits per heavy atom. The van der Waals surface area contributed by atoms with Gasteiger partial charge in [-0.1, -0.05) is 61.4 Å². The summed E-state index contributed by atoms with van der Waals surface area (Å²) in [4.78, 5) is 40.6. The highest BCUT2D eigenvalue weighted by Crippen LogP contribution is 2.63. The molecule has 0 saturated heterocycles. The van der Waals surface area contributed by atoms with E-state index >= 15 is 0 Å². The number of methoxy groups -OCH3 is 1. The van der Waals surface area contributed by atoms with E-state index in [1.54, 1.807) is 27.0 Å². The van der Waals surface area contributed by atoms with E-state index in [0.717, 1.165) is 42.4 Å². The lowest BCUT2D eigenvalue weighted by molar-refractivity contribution is -0.157. The predicted molar refractivity (Wildman–Crippen MR) is 184 cm³/mol. The van der Waals surface area contributed by atoms with Crippen LogP contribution < -0.4 is 4.74 Å². The lowest BCUT2D eigenvalue weighted by Gasteiger charge is -2.56. The van der Waals surface area contributed by atoms with Gasteiger partial charge in [0.1, 0.15) is 17.3 Å². The first-order chi connectivity index (χ1) is 22.6. The highest BCUT2D eigenvalue weighted by atomic mass is 16.5. The molecule has 0 radical (unpaired) electrons. The molecule has 3 N–H and O–H groups in total. The number of carbonyl (C=O) groups is 3. The summed E-state index contributed by atoms with van der Waals surface area (Å²) < 4.78 is 5.80. The van der Waals surface area contributed by atoms with Crippen molar-refractivity contribution in [2.75, 3.05) is 7.11 Å².